The number of amides is 1. The highest BCUT2D eigenvalue weighted by Gasteiger charge is 2.28. The van der Waals surface area contributed by atoms with Gasteiger partial charge in [0.05, 0.1) is 24.5 Å². The normalized spacial score (nSPS) is 18.4. The number of nitrogens with one attached hydrogen (secondary N) is 1. The molecule has 8 heteroatoms. The van der Waals surface area contributed by atoms with Crippen molar-refractivity contribution in [2.24, 2.45) is 9.98 Å². The van der Waals surface area contributed by atoms with Crippen LogP contribution in [-0.2, 0) is 4.79 Å². The molecule has 1 aromatic heterocycles. The molecule has 30 heavy (non-hydrogen) atoms. The Morgan fingerprint density at radius 2 is 2.00 bits per heavy atom. The lowest BCUT2D eigenvalue weighted by Gasteiger charge is -2.33. The number of aliphatic imine (C=N–C) groups is 2. The zero-order chi connectivity index (χ0) is 20.8. The Balaban J connectivity index is 1.62. The summed E-state index contributed by atoms with van der Waals surface area (Å²) >= 11 is 6.52. The van der Waals surface area contributed by atoms with Gasteiger partial charge in [-0.1, -0.05) is 29.8 Å². The number of amidine groups is 1. The quantitative estimate of drug-likeness (QED) is 0.810. The van der Waals surface area contributed by atoms with E-state index in [1.165, 1.54) is 0 Å². The van der Waals surface area contributed by atoms with Crippen molar-refractivity contribution in [3.8, 4) is 0 Å². The van der Waals surface area contributed by atoms with Gasteiger partial charge in [-0.25, -0.2) is 9.98 Å². The number of carbonyl (C=O) groups excluding carboxylic acids is 1. The molecule has 0 radical (unpaired) electrons. The summed E-state index contributed by atoms with van der Waals surface area (Å²) in [4.78, 5) is 30.1. The Kier molecular flexibility index (Phi) is 4.55. The summed E-state index contributed by atoms with van der Waals surface area (Å²) in [5.74, 6) is 1.59. The predicted octanol–water partition coefficient (Wildman–Crippen LogP) is 2.96. The van der Waals surface area contributed by atoms with E-state index in [2.05, 4.69) is 15.3 Å². The molecule has 0 saturated carbocycles. The molecule has 0 atom stereocenters. The van der Waals surface area contributed by atoms with E-state index < -0.39 is 0 Å². The first-order chi connectivity index (χ1) is 14.5. The molecule has 1 fully saturated rings. The molecule has 4 heterocycles. The fourth-order valence-electron chi connectivity index (χ4n) is 3.82. The van der Waals surface area contributed by atoms with Gasteiger partial charge in [-0.05, 0) is 18.6 Å². The molecule has 7 nitrogen and oxygen atoms in total. The van der Waals surface area contributed by atoms with Crippen LogP contribution in [0, 0.1) is 0 Å². The second-order valence-electron chi connectivity index (χ2n) is 7.68. The van der Waals surface area contributed by atoms with Gasteiger partial charge in [0.2, 0.25) is 5.91 Å². The molecule has 2 aromatic rings. The average molecular weight is 421 g/mol. The molecule has 3 aliphatic heterocycles. The zero-order valence-electron chi connectivity index (χ0n) is 16.8. The summed E-state index contributed by atoms with van der Waals surface area (Å²) in [5, 5.41) is 4.07. The second-order valence-corrected chi connectivity index (χ2v) is 8.09. The number of hydrogen-bond donors (Lipinski definition) is 1. The maximum Gasteiger partial charge on any atom is 0.241 e. The number of fused-ring (bicyclic) bond motifs is 2. The summed E-state index contributed by atoms with van der Waals surface area (Å²) < 4.78 is 0. The van der Waals surface area contributed by atoms with Gasteiger partial charge in [0.15, 0.2) is 5.84 Å². The number of anilines is 2. The van der Waals surface area contributed by atoms with Crippen LogP contribution in [0.15, 0.2) is 57.8 Å². The number of hydrogen-bond acceptors (Lipinski definition) is 6. The van der Waals surface area contributed by atoms with Crippen molar-refractivity contribution in [3.63, 3.8) is 0 Å². The minimum absolute atomic E-state index is 0.0882. The van der Waals surface area contributed by atoms with Crippen LogP contribution in [0.5, 0.6) is 0 Å². The first kappa shape index (κ1) is 18.8. The number of halogens is 1. The van der Waals surface area contributed by atoms with Crippen molar-refractivity contribution < 1.29 is 4.79 Å². The first-order valence-electron chi connectivity index (χ1n) is 9.86. The average Bonchev–Trinajstić information content (AvgIpc) is 2.99. The monoisotopic (exact) mass is 420 g/mol. The number of rotatable bonds is 2. The molecule has 1 aromatic carbocycles. The SMILES string of the molecule is CC1=C2N=C(c3ccccc3Cl)c3cnc(N4CCN(C)C(=O)C4)cc3NC2=NC1. The summed E-state index contributed by atoms with van der Waals surface area (Å²) in [7, 11) is 1.83. The third-order valence-electron chi connectivity index (χ3n) is 5.63. The van der Waals surface area contributed by atoms with Crippen LogP contribution in [0.4, 0.5) is 11.5 Å². The van der Waals surface area contributed by atoms with Crippen LogP contribution < -0.4 is 10.2 Å². The van der Waals surface area contributed by atoms with Gasteiger partial charge in [0.25, 0.3) is 0 Å². The molecule has 0 aliphatic carbocycles. The lowest BCUT2D eigenvalue weighted by Crippen LogP contribution is -2.48. The van der Waals surface area contributed by atoms with Crippen LogP contribution in [0.3, 0.4) is 0 Å². The topological polar surface area (TPSA) is 73.2 Å². The fourth-order valence-corrected chi connectivity index (χ4v) is 4.04. The molecule has 0 unspecified atom stereocenters. The molecule has 5 rings (SSSR count). The Hall–Kier alpha value is -3.19. The Morgan fingerprint density at radius 3 is 2.80 bits per heavy atom. The highest BCUT2D eigenvalue weighted by atomic mass is 35.5. The number of piperazine rings is 1. The standard InChI is InChI=1S/C22H21ClN6O/c1-13-10-25-22-20(13)27-21(14-5-3-4-6-16(14)23)15-11-24-18(9-17(15)26-22)29-8-7-28(2)19(30)12-29/h3-6,9,11H,7-8,10,12H2,1-2H3,(H,25,26). The van der Waals surface area contributed by atoms with E-state index in [9.17, 15) is 4.79 Å². The maximum atomic E-state index is 12.2. The lowest BCUT2D eigenvalue weighted by molar-refractivity contribution is -0.129. The van der Waals surface area contributed by atoms with Crippen molar-refractivity contribution in [1.29, 1.82) is 0 Å². The van der Waals surface area contributed by atoms with E-state index >= 15 is 0 Å². The summed E-state index contributed by atoms with van der Waals surface area (Å²) in [6.45, 7) is 4.40. The van der Waals surface area contributed by atoms with Crippen LogP contribution >= 0.6 is 11.6 Å². The molecular weight excluding hydrogens is 400 g/mol. The predicted molar refractivity (Wildman–Crippen MR) is 120 cm³/mol. The first-order valence-corrected chi connectivity index (χ1v) is 10.2. The van der Waals surface area contributed by atoms with Crippen molar-refractivity contribution in [1.82, 2.24) is 9.88 Å². The highest BCUT2D eigenvalue weighted by Crippen LogP contribution is 2.32. The van der Waals surface area contributed by atoms with Gasteiger partial charge < -0.3 is 15.1 Å². The van der Waals surface area contributed by atoms with Crippen LogP contribution in [0.25, 0.3) is 0 Å². The maximum absolute atomic E-state index is 12.2. The van der Waals surface area contributed by atoms with E-state index in [4.69, 9.17) is 16.6 Å². The largest absolute Gasteiger partial charge is 0.345 e. The van der Waals surface area contributed by atoms with Crippen LogP contribution in [-0.4, -0.2) is 60.6 Å². The molecular formula is C22H21ClN6O. The van der Waals surface area contributed by atoms with Gasteiger partial charge in [-0.3, -0.25) is 9.79 Å². The van der Waals surface area contributed by atoms with E-state index in [-0.39, 0.29) is 5.91 Å². The number of carbonyl (C=O) groups is 1. The number of likely N-dealkylation sites (N-methyl/N-ethyl adjacent to an activating group) is 1. The van der Waals surface area contributed by atoms with Gasteiger partial charge in [-0.15, -0.1) is 0 Å². The van der Waals surface area contributed by atoms with E-state index in [0.717, 1.165) is 52.0 Å². The van der Waals surface area contributed by atoms with Crippen LogP contribution in [0.1, 0.15) is 18.1 Å². The lowest BCUT2D eigenvalue weighted by atomic mass is 10.0. The van der Waals surface area contributed by atoms with Gasteiger partial charge in [0.1, 0.15) is 11.5 Å². The fraction of sp³-hybridized carbons (Fsp3) is 0.273. The molecule has 1 N–H and O–H groups in total. The molecule has 3 aliphatic rings. The van der Waals surface area contributed by atoms with Crippen molar-refractivity contribution in [2.45, 2.75) is 6.92 Å². The third kappa shape index (κ3) is 3.15. The minimum atomic E-state index is 0.0882. The molecule has 152 valence electrons. The zero-order valence-corrected chi connectivity index (χ0v) is 17.6. The Bertz CT molecular complexity index is 1150. The minimum Gasteiger partial charge on any atom is -0.345 e. The van der Waals surface area contributed by atoms with Crippen molar-refractivity contribution in [3.05, 3.63) is 63.9 Å². The van der Waals surface area contributed by atoms with Gasteiger partial charge >= 0.3 is 0 Å². The number of nitrogens with zero attached hydrogens (tertiary/aromatic N) is 5. The second kappa shape index (κ2) is 7.25. The molecule has 0 bridgehead atoms. The summed E-state index contributed by atoms with van der Waals surface area (Å²) in [6.07, 6.45) is 1.81. The third-order valence-corrected chi connectivity index (χ3v) is 5.96. The van der Waals surface area contributed by atoms with E-state index in [1.54, 1.807) is 11.1 Å². The summed E-state index contributed by atoms with van der Waals surface area (Å²) in [5.41, 5.74) is 5.27. The molecule has 1 saturated heterocycles. The Labute approximate surface area is 179 Å². The van der Waals surface area contributed by atoms with Gasteiger partial charge in [0, 0.05) is 48.5 Å². The van der Waals surface area contributed by atoms with Crippen molar-refractivity contribution >= 4 is 40.6 Å². The Morgan fingerprint density at radius 1 is 1.17 bits per heavy atom. The summed E-state index contributed by atoms with van der Waals surface area (Å²) in [6, 6.07) is 9.65. The molecule has 0 spiro atoms. The number of pyridine rings is 1. The number of aromatic nitrogens is 1. The van der Waals surface area contributed by atoms with E-state index in [1.807, 2.05) is 49.2 Å². The number of benzene rings is 1. The smallest absolute Gasteiger partial charge is 0.241 e. The highest BCUT2D eigenvalue weighted by molar-refractivity contribution is 6.36. The molecule has 1 amide bonds. The van der Waals surface area contributed by atoms with Gasteiger partial charge in [-0.2, -0.15) is 0 Å². The van der Waals surface area contributed by atoms with Crippen LogP contribution in [0.2, 0.25) is 5.02 Å². The van der Waals surface area contributed by atoms with Crippen molar-refractivity contribution in [2.75, 3.05) is 43.4 Å². The van der Waals surface area contributed by atoms with E-state index in [0.29, 0.717) is 24.7 Å².